The summed E-state index contributed by atoms with van der Waals surface area (Å²) in [4.78, 5) is 14.5. The molecule has 152 valence electrons. The number of carbonyl (C=O) groups excluding carboxylic acids is 1. The second-order valence-corrected chi connectivity index (χ2v) is 10.3. The molecule has 1 amide bonds. The van der Waals surface area contributed by atoms with Crippen LogP contribution in [0.1, 0.15) is 51.4 Å². The summed E-state index contributed by atoms with van der Waals surface area (Å²) in [6.07, 6.45) is 8.67. The Bertz CT molecular complexity index is 561. The van der Waals surface area contributed by atoms with Crippen LogP contribution in [-0.2, 0) is 14.8 Å². The Morgan fingerprint density at radius 3 is 2.58 bits per heavy atom. The van der Waals surface area contributed by atoms with Gasteiger partial charge in [0.25, 0.3) is 5.91 Å². The highest BCUT2D eigenvalue weighted by Crippen LogP contribution is 2.28. The summed E-state index contributed by atoms with van der Waals surface area (Å²) in [6, 6.07) is 0. The van der Waals surface area contributed by atoms with Crippen molar-refractivity contribution in [3.8, 4) is 0 Å². The molecule has 7 nitrogen and oxygen atoms in total. The number of hydrogen-bond acceptors (Lipinski definition) is 5. The monoisotopic (exact) mass is 389 g/mol. The van der Waals surface area contributed by atoms with E-state index in [1.165, 1.54) is 50.5 Å². The van der Waals surface area contributed by atoms with Crippen molar-refractivity contribution < 1.29 is 18.3 Å². The molecule has 0 radical (unpaired) electrons. The Morgan fingerprint density at radius 2 is 1.92 bits per heavy atom. The average molecular weight is 390 g/mol. The van der Waals surface area contributed by atoms with Crippen molar-refractivity contribution in [2.45, 2.75) is 57.0 Å². The Morgan fingerprint density at radius 1 is 1.23 bits per heavy atom. The van der Waals surface area contributed by atoms with Gasteiger partial charge in [-0.25, -0.2) is 12.7 Å². The Labute approximate surface area is 158 Å². The smallest absolute Gasteiger partial charge is 0.255 e. The van der Waals surface area contributed by atoms with Crippen LogP contribution < -0.4 is 5.32 Å². The first-order valence-corrected chi connectivity index (χ1v) is 11.5. The third-order valence-corrected chi connectivity index (χ3v) is 7.58. The van der Waals surface area contributed by atoms with Crippen LogP contribution in [0.25, 0.3) is 0 Å². The van der Waals surface area contributed by atoms with Gasteiger partial charge in [0.2, 0.25) is 10.0 Å². The number of nitrogens with zero attached hydrogens (tertiary/aromatic N) is 2. The molecule has 1 saturated carbocycles. The molecule has 0 bridgehead atoms. The van der Waals surface area contributed by atoms with E-state index in [0.717, 1.165) is 19.4 Å². The van der Waals surface area contributed by atoms with E-state index in [2.05, 4.69) is 5.32 Å². The number of aliphatic hydroxyl groups is 1. The second kappa shape index (κ2) is 9.48. The fraction of sp³-hybridized carbons (Fsp3) is 0.944. The van der Waals surface area contributed by atoms with E-state index in [9.17, 15) is 18.3 Å². The molecule has 2 fully saturated rings. The van der Waals surface area contributed by atoms with Crippen molar-refractivity contribution in [3.05, 3.63) is 0 Å². The number of likely N-dealkylation sites (tertiary alicyclic amines) is 1. The summed E-state index contributed by atoms with van der Waals surface area (Å²) in [5, 5.41) is 13.7. The van der Waals surface area contributed by atoms with Gasteiger partial charge in [-0.15, -0.1) is 0 Å². The number of piperidine rings is 1. The number of hydrogen-bond donors (Lipinski definition) is 2. The van der Waals surface area contributed by atoms with Crippen molar-refractivity contribution in [2.75, 3.05) is 46.0 Å². The van der Waals surface area contributed by atoms with Gasteiger partial charge in [-0.1, -0.05) is 32.1 Å². The van der Waals surface area contributed by atoms with E-state index in [-0.39, 0.29) is 24.7 Å². The lowest BCUT2D eigenvalue weighted by atomic mass is 9.86. The molecule has 1 heterocycles. The number of sulfonamides is 1. The average Bonchev–Trinajstić information content (AvgIpc) is 2.61. The molecule has 2 N–H and O–H groups in total. The first-order chi connectivity index (χ1) is 12.2. The fourth-order valence-corrected chi connectivity index (χ4v) is 4.70. The van der Waals surface area contributed by atoms with Crippen LogP contribution >= 0.6 is 0 Å². The maximum Gasteiger partial charge on any atom is 0.255 e. The van der Waals surface area contributed by atoms with Crippen LogP contribution in [0.5, 0.6) is 0 Å². The van der Waals surface area contributed by atoms with Crippen molar-refractivity contribution in [1.82, 2.24) is 14.5 Å². The Hall–Kier alpha value is -0.700. The molecule has 8 heteroatoms. The lowest BCUT2D eigenvalue weighted by Gasteiger charge is -2.39. The third-order valence-electron chi connectivity index (χ3n) is 5.75. The van der Waals surface area contributed by atoms with Crippen LogP contribution in [0.15, 0.2) is 0 Å². The minimum Gasteiger partial charge on any atom is -0.379 e. The van der Waals surface area contributed by atoms with Gasteiger partial charge in [-0.3, -0.25) is 4.79 Å². The molecular weight excluding hydrogens is 354 g/mol. The summed E-state index contributed by atoms with van der Waals surface area (Å²) in [7, 11) is -0.277. The fourth-order valence-electron chi connectivity index (χ4n) is 3.94. The Kier molecular flexibility index (Phi) is 7.88. The molecule has 0 aromatic heterocycles. The zero-order valence-corrected chi connectivity index (χ0v) is 17.1. The molecule has 1 aliphatic heterocycles. The predicted octanol–water partition coefficient (Wildman–Crippen LogP) is 0.791. The summed E-state index contributed by atoms with van der Waals surface area (Å²) in [6.45, 7) is 1.76. The number of rotatable bonds is 9. The van der Waals surface area contributed by atoms with E-state index in [1.54, 1.807) is 4.90 Å². The molecule has 1 atom stereocenters. The third kappa shape index (κ3) is 5.90. The first kappa shape index (κ1) is 21.6. The van der Waals surface area contributed by atoms with E-state index in [1.807, 2.05) is 0 Å². The van der Waals surface area contributed by atoms with Gasteiger partial charge in [0.1, 0.15) is 0 Å². The van der Waals surface area contributed by atoms with Crippen LogP contribution in [-0.4, -0.2) is 80.3 Å². The summed E-state index contributed by atoms with van der Waals surface area (Å²) < 4.78 is 24.7. The highest BCUT2D eigenvalue weighted by Gasteiger charge is 2.41. The molecule has 26 heavy (non-hydrogen) atoms. The van der Waals surface area contributed by atoms with Crippen LogP contribution in [0.2, 0.25) is 0 Å². The standard InChI is InChI=1S/C18H35N3O4S/c1-20(2)26(24,25)14-11-19-15-18(23)10-6-12-21(17(18)22)13-9-16-7-4-3-5-8-16/h16,19,23H,3-15H2,1-2H3/t18-/m1/s1. The largest absolute Gasteiger partial charge is 0.379 e. The molecule has 2 aliphatic rings. The molecule has 2 rings (SSSR count). The predicted molar refractivity (Wildman–Crippen MR) is 102 cm³/mol. The van der Waals surface area contributed by atoms with Crippen LogP contribution in [0.3, 0.4) is 0 Å². The first-order valence-electron chi connectivity index (χ1n) is 9.87. The molecule has 1 aliphatic carbocycles. The maximum atomic E-state index is 12.7. The molecular formula is C18H35N3O4S. The van der Waals surface area contributed by atoms with Gasteiger partial charge < -0.3 is 15.3 Å². The zero-order valence-electron chi connectivity index (χ0n) is 16.2. The summed E-state index contributed by atoms with van der Waals surface area (Å²) in [5.74, 6) is 0.457. The van der Waals surface area contributed by atoms with Gasteiger partial charge in [0.15, 0.2) is 5.60 Å². The van der Waals surface area contributed by atoms with Gasteiger partial charge in [-0.2, -0.15) is 0 Å². The highest BCUT2D eigenvalue weighted by atomic mass is 32.2. The quantitative estimate of drug-likeness (QED) is 0.569. The van der Waals surface area contributed by atoms with Crippen molar-refractivity contribution in [1.29, 1.82) is 0 Å². The summed E-state index contributed by atoms with van der Waals surface area (Å²) in [5.41, 5.74) is -1.41. The lowest BCUT2D eigenvalue weighted by molar-refractivity contribution is -0.156. The zero-order chi connectivity index (χ0) is 19.2. The van der Waals surface area contributed by atoms with Crippen molar-refractivity contribution in [3.63, 3.8) is 0 Å². The molecule has 0 aromatic carbocycles. The van der Waals surface area contributed by atoms with Crippen molar-refractivity contribution >= 4 is 15.9 Å². The Balaban J connectivity index is 1.78. The minimum absolute atomic E-state index is 0.0460. The second-order valence-electron chi connectivity index (χ2n) is 8.00. The molecule has 0 aromatic rings. The lowest BCUT2D eigenvalue weighted by Crippen LogP contribution is -2.58. The topological polar surface area (TPSA) is 89.9 Å². The van der Waals surface area contributed by atoms with Gasteiger partial charge in [-0.05, 0) is 25.2 Å². The normalized spacial score (nSPS) is 25.8. The van der Waals surface area contributed by atoms with E-state index < -0.39 is 15.6 Å². The molecule has 0 unspecified atom stereocenters. The van der Waals surface area contributed by atoms with Gasteiger partial charge >= 0.3 is 0 Å². The highest BCUT2D eigenvalue weighted by molar-refractivity contribution is 7.89. The van der Waals surface area contributed by atoms with E-state index in [0.29, 0.717) is 18.9 Å². The van der Waals surface area contributed by atoms with Gasteiger partial charge in [0.05, 0.1) is 5.75 Å². The maximum absolute atomic E-state index is 12.7. The van der Waals surface area contributed by atoms with Gasteiger partial charge in [0, 0.05) is 40.3 Å². The van der Waals surface area contributed by atoms with E-state index >= 15 is 0 Å². The SMILES string of the molecule is CN(C)S(=O)(=O)CCNC[C@]1(O)CCCN(CCC2CCCCC2)C1=O. The minimum atomic E-state index is -3.27. The number of carbonyl (C=O) groups is 1. The number of nitrogens with one attached hydrogen (secondary N) is 1. The number of amides is 1. The van der Waals surface area contributed by atoms with E-state index in [4.69, 9.17) is 0 Å². The molecule has 0 spiro atoms. The van der Waals surface area contributed by atoms with Crippen LogP contribution in [0, 0.1) is 5.92 Å². The van der Waals surface area contributed by atoms with Crippen LogP contribution in [0.4, 0.5) is 0 Å². The molecule has 1 saturated heterocycles. The van der Waals surface area contributed by atoms with Crippen molar-refractivity contribution in [2.24, 2.45) is 5.92 Å². The summed E-state index contributed by atoms with van der Waals surface area (Å²) >= 11 is 0.